The van der Waals surface area contributed by atoms with Gasteiger partial charge in [0.1, 0.15) is 5.69 Å². The molecule has 0 radical (unpaired) electrons. The molecule has 1 heterocycles. The zero-order valence-electron chi connectivity index (χ0n) is 9.60. The van der Waals surface area contributed by atoms with Crippen molar-refractivity contribution in [1.82, 2.24) is 5.16 Å². The molecule has 1 aromatic heterocycles. The van der Waals surface area contributed by atoms with Crippen LogP contribution in [0.2, 0.25) is 0 Å². The average molecular weight is 299 g/mol. The zero-order chi connectivity index (χ0) is 13.3. The fourth-order valence-electron chi connectivity index (χ4n) is 1.30. The van der Waals surface area contributed by atoms with Gasteiger partial charge in [0, 0.05) is 22.7 Å². The van der Waals surface area contributed by atoms with Crippen LogP contribution in [-0.4, -0.2) is 13.9 Å². The van der Waals surface area contributed by atoms with E-state index in [9.17, 15) is 21.9 Å². The summed E-state index contributed by atoms with van der Waals surface area (Å²) in [7, 11) is 0. The number of nitrogens with zero attached hydrogens (tertiary/aromatic N) is 1. The average Bonchev–Trinajstić information content (AvgIpc) is 2.77. The summed E-state index contributed by atoms with van der Waals surface area (Å²) < 4.78 is 62.5. The van der Waals surface area contributed by atoms with E-state index in [-0.39, 0.29) is 40.3 Å². The number of hydrogen-bond donors (Lipinski definition) is 0. The molecule has 0 fully saturated rings. The number of halogens is 3. The second kappa shape index (κ2) is 6.19. The Balaban J connectivity index is 0.00000180. The third kappa shape index (κ3) is 3.90. The van der Waals surface area contributed by atoms with E-state index in [0.717, 1.165) is 18.2 Å². The van der Waals surface area contributed by atoms with E-state index in [0.29, 0.717) is 5.56 Å². The maximum Gasteiger partial charge on any atom is 1.00 e. The van der Waals surface area contributed by atoms with Gasteiger partial charge in [-0.15, -0.1) is 0 Å². The first-order chi connectivity index (χ1) is 8.38. The van der Waals surface area contributed by atoms with E-state index in [2.05, 4.69) is 9.68 Å². The van der Waals surface area contributed by atoms with Crippen LogP contribution in [0, 0.1) is 0 Å². The standard InChI is InChI=1S/C10H6F3NO3S.Na/c11-10(12,13)7-3-1-6(2-4-7)8-5-9(17-14-8)18(15)16;/h1-5H,(H,15,16);/q;+1/p-1. The topological polar surface area (TPSA) is 66.2 Å². The first kappa shape index (κ1) is 16.4. The van der Waals surface area contributed by atoms with Crippen molar-refractivity contribution >= 4 is 11.1 Å². The van der Waals surface area contributed by atoms with Gasteiger partial charge in [-0.2, -0.15) is 13.2 Å². The summed E-state index contributed by atoms with van der Waals surface area (Å²) in [4.78, 5) is 0. The van der Waals surface area contributed by atoms with Crippen LogP contribution in [0.4, 0.5) is 13.2 Å². The molecule has 0 aliphatic heterocycles. The van der Waals surface area contributed by atoms with E-state index in [4.69, 9.17) is 0 Å². The van der Waals surface area contributed by atoms with Crippen LogP contribution in [0.25, 0.3) is 11.3 Å². The van der Waals surface area contributed by atoms with Crippen LogP contribution in [-0.2, 0) is 17.3 Å². The fourth-order valence-corrected chi connectivity index (χ4v) is 1.61. The molecule has 0 amide bonds. The molecule has 0 spiro atoms. The summed E-state index contributed by atoms with van der Waals surface area (Å²) in [5, 5.41) is 3.08. The number of aromatic nitrogens is 1. The van der Waals surface area contributed by atoms with Crippen molar-refractivity contribution in [3.05, 3.63) is 35.9 Å². The summed E-state index contributed by atoms with van der Waals surface area (Å²) in [5.41, 5.74) is -0.297. The molecule has 0 N–H and O–H groups in total. The van der Waals surface area contributed by atoms with Gasteiger partial charge in [0.2, 0.25) is 5.09 Å². The minimum Gasteiger partial charge on any atom is -0.766 e. The smallest absolute Gasteiger partial charge is 0.766 e. The van der Waals surface area contributed by atoms with E-state index >= 15 is 0 Å². The van der Waals surface area contributed by atoms with Crippen molar-refractivity contribution in [2.75, 3.05) is 0 Å². The Kier molecular flexibility index (Phi) is 5.34. The molecule has 1 atom stereocenters. The number of rotatable bonds is 2. The maximum absolute atomic E-state index is 12.3. The molecule has 9 heteroatoms. The van der Waals surface area contributed by atoms with Gasteiger partial charge >= 0.3 is 35.7 Å². The molecule has 96 valence electrons. The number of benzene rings is 1. The first-order valence-electron chi connectivity index (χ1n) is 4.61. The van der Waals surface area contributed by atoms with Crippen molar-refractivity contribution in [3.63, 3.8) is 0 Å². The summed E-state index contributed by atoms with van der Waals surface area (Å²) >= 11 is -2.56. The normalized spacial score (nSPS) is 12.8. The molecular weight excluding hydrogens is 294 g/mol. The molecule has 0 aliphatic rings. The van der Waals surface area contributed by atoms with Gasteiger partial charge in [0.25, 0.3) is 0 Å². The monoisotopic (exact) mass is 299 g/mol. The minimum atomic E-state index is -4.41. The van der Waals surface area contributed by atoms with Gasteiger partial charge in [-0.25, -0.2) is 0 Å². The molecule has 0 bridgehead atoms. The van der Waals surface area contributed by atoms with Gasteiger partial charge < -0.3 is 9.08 Å². The quantitative estimate of drug-likeness (QED) is 0.559. The Morgan fingerprint density at radius 1 is 1.21 bits per heavy atom. The van der Waals surface area contributed by atoms with Crippen LogP contribution < -0.4 is 29.6 Å². The van der Waals surface area contributed by atoms with Gasteiger partial charge in [0.05, 0.1) is 5.56 Å². The third-order valence-electron chi connectivity index (χ3n) is 2.16. The van der Waals surface area contributed by atoms with Crippen LogP contribution in [0.5, 0.6) is 0 Å². The predicted molar refractivity (Wildman–Crippen MR) is 54.1 cm³/mol. The Bertz CT molecular complexity index is 582. The van der Waals surface area contributed by atoms with E-state index < -0.39 is 22.8 Å². The predicted octanol–water partition coefficient (Wildman–Crippen LogP) is -0.398. The number of hydrogen-bond acceptors (Lipinski definition) is 4. The minimum absolute atomic E-state index is 0. The molecule has 0 saturated heterocycles. The molecule has 0 saturated carbocycles. The fraction of sp³-hybridized carbons (Fsp3) is 0.100. The molecule has 2 rings (SSSR count). The van der Waals surface area contributed by atoms with Crippen molar-refractivity contribution < 1.29 is 56.0 Å². The summed E-state index contributed by atoms with van der Waals surface area (Å²) in [6.07, 6.45) is -4.41. The van der Waals surface area contributed by atoms with Crippen LogP contribution in [0.1, 0.15) is 5.56 Å². The van der Waals surface area contributed by atoms with Crippen molar-refractivity contribution in [2.45, 2.75) is 11.3 Å². The molecule has 4 nitrogen and oxygen atoms in total. The van der Waals surface area contributed by atoms with Gasteiger partial charge in [0.15, 0.2) is 0 Å². The first-order valence-corrected chi connectivity index (χ1v) is 5.69. The largest absolute Gasteiger partial charge is 1.00 e. The van der Waals surface area contributed by atoms with Gasteiger partial charge in [-0.3, -0.25) is 4.21 Å². The third-order valence-corrected chi connectivity index (χ3v) is 2.68. The molecule has 2 aromatic rings. The Labute approximate surface area is 130 Å². The van der Waals surface area contributed by atoms with E-state index in [1.54, 1.807) is 0 Å². The molecular formula is C10H5F3NNaO3S. The van der Waals surface area contributed by atoms with Gasteiger partial charge in [-0.05, 0) is 12.1 Å². The maximum atomic E-state index is 12.3. The van der Waals surface area contributed by atoms with E-state index in [1.165, 1.54) is 12.1 Å². The van der Waals surface area contributed by atoms with Crippen molar-refractivity contribution in [3.8, 4) is 11.3 Å². The molecule has 1 unspecified atom stereocenters. The Morgan fingerprint density at radius 2 is 1.79 bits per heavy atom. The molecule has 0 aliphatic carbocycles. The summed E-state index contributed by atoms with van der Waals surface area (Å²) in [6.45, 7) is 0. The zero-order valence-corrected chi connectivity index (χ0v) is 12.4. The van der Waals surface area contributed by atoms with E-state index in [1.807, 2.05) is 0 Å². The summed E-state index contributed by atoms with van der Waals surface area (Å²) in [5.74, 6) is 0. The molecule has 19 heavy (non-hydrogen) atoms. The Morgan fingerprint density at radius 3 is 2.21 bits per heavy atom. The van der Waals surface area contributed by atoms with Gasteiger partial charge in [-0.1, -0.05) is 17.3 Å². The SMILES string of the molecule is O=S([O-])c1cc(-c2ccc(C(F)(F)F)cc2)no1.[Na+]. The van der Waals surface area contributed by atoms with Crippen molar-refractivity contribution in [1.29, 1.82) is 0 Å². The second-order valence-electron chi connectivity index (χ2n) is 3.34. The second-order valence-corrected chi connectivity index (χ2v) is 4.21. The molecule has 1 aromatic carbocycles. The van der Waals surface area contributed by atoms with Crippen LogP contribution in [0.15, 0.2) is 39.9 Å². The Hall–Kier alpha value is -0.670. The summed E-state index contributed by atoms with van der Waals surface area (Å²) in [6, 6.07) is 5.29. The number of alkyl halides is 3. The van der Waals surface area contributed by atoms with Crippen molar-refractivity contribution in [2.24, 2.45) is 0 Å². The van der Waals surface area contributed by atoms with Crippen LogP contribution in [0.3, 0.4) is 0 Å². The van der Waals surface area contributed by atoms with Crippen LogP contribution >= 0.6 is 0 Å².